The second-order valence-electron chi connectivity index (χ2n) is 6.21. The smallest absolute Gasteiger partial charge is 0.419 e. The SMILES string of the molecule is CCCOc1cc2oc(=O)n(CCC(=O)OCC(N)(CO)CO)c2cc1Cl. The van der Waals surface area contributed by atoms with Gasteiger partial charge in [-0.05, 0) is 12.5 Å². The van der Waals surface area contributed by atoms with Crippen molar-refractivity contribution in [1.82, 2.24) is 4.57 Å². The second-order valence-corrected chi connectivity index (χ2v) is 6.61. The number of halogens is 1. The fraction of sp³-hybridized carbons (Fsp3) is 0.529. The Morgan fingerprint density at radius 2 is 2.07 bits per heavy atom. The Morgan fingerprint density at radius 3 is 2.70 bits per heavy atom. The molecule has 150 valence electrons. The molecule has 1 heterocycles. The van der Waals surface area contributed by atoms with Gasteiger partial charge in [-0.25, -0.2) is 4.79 Å². The van der Waals surface area contributed by atoms with Crippen LogP contribution in [-0.4, -0.2) is 52.7 Å². The minimum atomic E-state index is -1.41. The van der Waals surface area contributed by atoms with E-state index in [4.69, 9.17) is 41.4 Å². The Balaban J connectivity index is 2.08. The molecule has 2 aromatic rings. The summed E-state index contributed by atoms with van der Waals surface area (Å²) < 4.78 is 16.9. The number of benzene rings is 1. The number of fused-ring (bicyclic) bond motifs is 1. The number of hydrogen-bond donors (Lipinski definition) is 3. The highest BCUT2D eigenvalue weighted by molar-refractivity contribution is 6.32. The highest BCUT2D eigenvalue weighted by Gasteiger charge is 2.25. The molecule has 0 atom stereocenters. The number of aliphatic hydroxyl groups excluding tert-OH is 2. The molecule has 0 saturated carbocycles. The summed E-state index contributed by atoms with van der Waals surface area (Å²) in [5.41, 5.74) is 4.95. The van der Waals surface area contributed by atoms with Crippen molar-refractivity contribution in [3.63, 3.8) is 0 Å². The third kappa shape index (κ3) is 5.23. The molecule has 0 saturated heterocycles. The first kappa shape index (κ1) is 21.2. The van der Waals surface area contributed by atoms with Crippen LogP contribution in [0.4, 0.5) is 0 Å². The summed E-state index contributed by atoms with van der Waals surface area (Å²) >= 11 is 6.18. The van der Waals surface area contributed by atoms with Gasteiger partial charge in [0.25, 0.3) is 0 Å². The van der Waals surface area contributed by atoms with E-state index in [-0.39, 0.29) is 19.6 Å². The maximum absolute atomic E-state index is 12.1. The zero-order valence-electron chi connectivity index (χ0n) is 14.9. The van der Waals surface area contributed by atoms with Crippen LogP contribution in [0, 0.1) is 0 Å². The summed E-state index contributed by atoms with van der Waals surface area (Å²) in [5.74, 6) is -0.860. The normalized spacial score (nSPS) is 11.7. The Bertz CT molecular complexity index is 842. The molecular formula is C17H23ClN2O7. The van der Waals surface area contributed by atoms with Gasteiger partial charge in [-0.2, -0.15) is 0 Å². The predicted molar refractivity (Wildman–Crippen MR) is 97.9 cm³/mol. The van der Waals surface area contributed by atoms with Crippen LogP contribution < -0.4 is 16.2 Å². The van der Waals surface area contributed by atoms with Crippen LogP contribution in [-0.2, 0) is 16.1 Å². The Labute approximate surface area is 160 Å². The van der Waals surface area contributed by atoms with Crippen molar-refractivity contribution < 1.29 is 28.9 Å². The lowest BCUT2D eigenvalue weighted by atomic mass is 10.1. The lowest BCUT2D eigenvalue weighted by Crippen LogP contribution is -2.51. The molecule has 0 aliphatic carbocycles. The largest absolute Gasteiger partial charge is 0.492 e. The van der Waals surface area contributed by atoms with Gasteiger partial charge >= 0.3 is 11.7 Å². The van der Waals surface area contributed by atoms with E-state index in [1.165, 1.54) is 10.6 Å². The molecule has 0 unspecified atom stereocenters. The zero-order valence-corrected chi connectivity index (χ0v) is 15.7. The van der Waals surface area contributed by atoms with E-state index in [0.29, 0.717) is 28.5 Å². The monoisotopic (exact) mass is 402 g/mol. The molecule has 0 bridgehead atoms. The van der Waals surface area contributed by atoms with Crippen molar-refractivity contribution in [3.05, 3.63) is 27.7 Å². The molecule has 0 amide bonds. The summed E-state index contributed by atoms with van der Waals surface area (Å²) in [6, 6.07) is 3.08. The number of nitrogens with zero attached hydrogens (tertiary/aromatic N) is 1. The molecule has 0 aliphatic rings. The van der Waals surface area contributed by atoms with Gasteiger partial charge < -0.3 is 29.8 Å². The second kappa shape index (κ2) is 9.23. The molecule has 10 heteroatoms. The first-order valence-corrected chi connectivity index (χ1v) is 8.83. The first-order valence-electron chi connectivity index (χ1n) is 8.45. The quantitative estimate of drug-likeness (QED) is 0.492. The summed E-state index contributed by atoms with van der Waals surface area (Å²) in [4.78, 5) is 23.9. The standard InChI is InChI=1S/C17H23ClN2O7/c1-2-5-25-13-7-14-12(6-11(13)18)20(16(24)27-14)4-3-15(23)26-10-17(19,8-21)9-22/h6-7,21-22H,2-5,8-10,19H2,1H3. The highest BCUT2D eigenvalue weighted by Crippen LogP contribution is 2.30. The lowest BCUT2D eigenvalue weighted by Gasteiger charge is -2.23. The van der Waals surface area contributed by atoms with Crippen LogP contribution >= 0.6 is 11.6 Å². The minimum absolute atomic E-state index is 0.00593. The van der Waals surface area contributed by atoms with E-state index in [1.807, 2.05) is 6.92 Å². The van der Waals surface area contributed by atoms with Crippen LogP contribution in [0.3, 0.4) is 0 Å². The van der Waals surface area contributed by atoms with Crippen LogP contribution in [0.15, 0.2) is 21.3 Å². The van der Waals surface area contributed by atoms with Crippen LogP contribution in [0.25, 0.3) is 11.1 Å². The Kier molecular flexibility index (Phi) is 7.25. The van der Waals surface area contributed by atoms with Crippen molar-refractivity contribution >= 4 is 28.7 Å². The van der Waals surface area contributed by atoms with Gasteiger partial charge in [-0.15, -0.1) is 0 Å². The number of oxazole rings is 1. The van der Waals surface area contributed by atoms with E-state index < -0.39 is 30.5 Å². The van der Waals surface area contributed by atoms with Crippen LogP contribution in [0.2, 0.25) is 5.02 Å². The summed E-state index contributed by atoms with van der Waals surface area (Å²) in [7, 11) is 0. The average Bonchev–Trinajstić information content (AvgIpc) is 2.96. The summed E-state index contributed by atoms with van der Waals surface area (Å²) in [6.07, 6.45) is 0.672. The summed E-state index contributed by atoms with van der Waals surface area (Å²) in [5, 5.41) is 18.5. The van der Waals surface area contributed by atoms with Crippen molar-refractivity contribution in [1.29, 1.82) is 0 Å². The molecule has 1 aromatic heterocycles. The highest BCUT2D eigenvalue weighted by atomic mass is 35.5. The van der Waals surface area contributed by atoms with E-state index in [2.05, 4.69) is 0 Å². The van der Waals surface area contributed by atoms with Crippen LogP contribution in [0.5, 0.6) is 5.75 Å². The minimum Gasteiger partial charge on any atom is -0.492 e. The lowest BCUT2D eigenvalue weighted by molar-refractivity contribution is -0.146. The molecule has 27 heavy (non-hydrogen) atoms. The number of ether oxygens (including phenoxy) is 2. The first-order chi connectivity index (χ1) is 12.8. The van der Waals surface area contributed by atoms with Gasteiger partial charge in [0.1, 0.15) is 12.4 Å². The molecule has 1 aromatic carbocycles. The number of carbonyl (C=O) groups excluding carboxylic acids is 1. The van der Waals surface area contributed by atoms with E-state index in [9.17, 15) is 9.59 Å². The Hall–Kier alpha value is -2.07. The number of aromatic nitrogens is 1. The fourth-order valence-electron chi connectivity index (χ4n) is 2.24. The topological polar surface area (TPSA) is 137 Å². The molecule has 9 nitrogen and oxygen atoms in total. The number of rotatable bonds is 10. The molecule has 0 radical (unpaired) electrons. The maximum Gasteiger partial charge on any atom is 0.419 e. The van der Waals surface area contributed by atoms with E-state index in [0.717, 1.165) is 6.42 Å². The molecule has 0 spiro atoms. The van der Waals surface area contributed by atoms with Gasteiger partial charge in [0.2, 0.25) is 0 Å². The maximum atomic E-state index is 12.1. The molecular weight excluding hydrogens is 380 g/mol. The summed E-state index contributed by atoms with van der Waals surface area (Å²) in [6.45, 7) is 1.02. The van der Waals surface area contributed by atoms with E-state index >= 15 is 0 Å². The van der Waals surface area contributed by atoms with Gasteiger partial charge in [-0.1, -0.05) is 18.5 Å². The van der Waals surface area contributed by atoms with Gasteiger partial charge in [0.15, 0.2) is 5.58 Å². The van der Waals surface area contributed by atoms with Crippen LogP contribution in [0.1, 0.15) is 19.8 Å². The van der Waals surface area contributed by atoms with Crippen molar-refractivity contribution in [2.45, 2.75) is 31.8 Å². The Morgan fingerprint density at radius 1 is 1.37 bits per heavy atom. The van der Waals surface area contributed by atoms with Crippen molar-refractivity contribution in [3.8, 4) is 5.75 Å². The van der Waals surface area contributed by atoms with Crippen molar-refractivity contribution in [2.24, 2.45) is 5.73 Å². The third-order valence-electron chi connectivity index (χ3n) is 3.87. The number of aryl methyl sites for hydroxylation is 1. The van der Waals surface area contributed by atoms with Gasteiger partial charge in [0.05, 0.1) is 42.3 Å². The van der Waals surface area contributed by atoms with E-state index in [1.54, 1.807) is 6.07 Å². The fourth-order valence-corrected chi connectivity index (χ4v) is 2.45. The average molecular weight is 403 g/mol. The third-order valence-corrected chi connectivity index (χ3v) is 4.17. The molecule has 0 fully saturated rings. The number of aliphatic hydroxyl groups is 2. The molecule has 4 N–H and O–H groups in total. The number of nitrogens with two attached hydrogens (primary N) is 1. The number of hydrogen-bond acceptors (Lipinski definition) is 8. The zero-order chi connectivity index (χ0) is 20.0. The number of esters is 1. The van der Waals surface area contributed by atoms with Crippen molar-refractivity contribution in [2.75, 3.05) is 26.4 Å². The molecule has 0 aliphatic heterocycles. The van der Waals surface area contributed by atoms with Gasteiger partial charge in [0, 0.05) is 12.6 Å². The van der Waals surface area contributed by atoms with Gasteiger partial charge in [-0.3, -0.25) is 9.36 Å². The predicted octanol–water partition coefficient (Wildman–Crippen LogP) is 0.652. The molecule has 2 rings (SSSR count). The number of carbonyl (C=O) groups is 1.